The number of aryl methyl sites for hydroxylation is 1. The van der Waals surface area contributed by atoms with Crippen molar-refractivity contribution in [3.63, 3.8) is 0 Å². The summed E-state index contributed by atoms with van der Waals surface area (Å²) in [6, 6.07) is 10.5. The third kappa shape index (κ3) is 9.22. The van der Waals surface area contributed by atoms with E-state index >= 15 is 0 Å². The van der Waals surface area contributed by atoms with Crippen molar-refractivity contribution in [3.8, 4) is 0 Å². The van der Waals surface area contributed by atoms with Crippen LogP contribution in [0.5, 0.6) is 0 Å². The molecule has 0 radical (unpaired) electrons. The van der Waals surface area contributed by atoms with Gasteiger partial charge in [-0.3, -0.25) is 0 Å². The van der Waals surface area contributed by atoms with Gasteiger partial charge in [0.2, 0.25) is 0 Å². The van der Waals surface area contributed by atoms with Gasteiger partial charge in [-0.15, -0.1) is 0 Å². The fourth-order valence-corrected chi connectivity index (χ4v) is 2.64. The van der Waals surface area contributed by atoms with Gasteiger partial charge in [0.1, 0.15) is 6.79 Å². The largest absolute Gasteiger partial charge is 0.466 e. The maximum Gasteiger partial charge on any atom is 0.330 e. The van der Waals surface area contributed by atoms with E-state index in [0.29, 0.717) is 6.61 Å². The van der Waals surface area contributed by atoms with Gasteiger partial charge in [0.15, 0.2) is 0 Å². The molecule has 0 amide bonds. The molecule has 0 aromatic heterocycles. The van der Waals surface area contributed by atoms with Crippen molar-refractivity contribution in [1.82, 2.24) is 0 Å². The minimum absolute atomic E-state index is 0.235. The molecule has 0 saturated carbocycles. The molecule has 4 nitrogen and oxygen atoms in total. The average molecular weight is 346 g/mol. The van der Waals surface area contributed by atoms with E-state index in [4.69, 9.17) is 14.2 Å². The number of methoxy groups -OCH3 is 2. The quantitative estimate of drug-likeness (QED) is 0.184. The lowest BCUT2D eigenvalue weighted by Gasteiger charge is -2.13. The zero-order valence-corrected chi connectivity index (χ0v) is 15.6. The molecule has 0 fully saturated rings. The van der Waals surface area contributed by atoms with Crippen molar-refractivity contribution >= 4 is 5.97 Å². The average Bonchev–Trinajstić information content (AvgIpc) is 2.64. The molecule has 1 rings (SSSR count). The van der Waals surface area contributed by atoms with E-state index in [1.807, 2.05) is 12.1 Å². The number of allylic oxidation sites excluding steroid dienone is 1. The Kier molecular flexibility index (Phi) is 11.3. The van der Waals surface area contributed by atoms with Gasteiger partial charge in [-0.2, -0.15) is 0 Å². The highest BCUT2D eigenvalue weighted by Crippen LogP contribution is 2.20. The van der Waals surface area contributed by atoms with E-state index in [-0.39, 0.29) is 12.8 Å². The number of ether oxygens (including phenoxy) is 3. The summed E-state index contributed by atoms with van der Waals surface area (Å²) >= 11 is 0. The second-order valence-electron chi connectivity index (χ2n) is 5.83. The third-order valence-electron chi connectivity index (χ3n) is 3.87. The van der Waals surface area contributed by atoms with Crippen molar-refractivity contribution in [2.45, 2.75) is 39.0 Å². The predicted octanol–water partition coefficient (Wildman–Crippen LogP) is 4.46. The summed E-state index contributed by atoms with van der Waals surface area (Å²) in [7, 11) is 2.98. The van der Waals surface area contributed by atoms with Crippen LogP contribution in [0.4, 0.5) is 0 Å². The summed E-state index contributed by atoms with van der Waals surface area (Å²) < 4.78 is 15.2. The Morgan fingerprint density at radius 1 is 1.08 bits per heavy atom. The molecule has 0 bridgehead atoms. The highest BCUT2D eigenvalue weighted by Gasteiger charge is 2.06. The maximum atomic E-state index is 11.4. The summed E-state index contributed by atoms with van der Waals surface area (Å²) in [5.41, 5.74) is 3.72. The highest BCUT2D eigenvalue weighted by atomic mass is 16.7. The molecule has 0 saturated heterocycles. The molecule has 0 N–H and O–H groups in total. The van der Waals surface area contributed by atoms with E-state index in [1.165, 1.54) is 24.3 Å². The van der Waals surface area contributed by atoms with Crippen molar-refractivity contribution < 1.29 is 19.0 Å². The van der Waals surface area contributed by atoms with Crippen LogP contribution in [0, 0.1) is 0 Å². The molecule has 0 aliphatic rings. The second-order valence-corrected chi connectivity index (χ2v) is 5.83. The van der Waals surface area contributed by atoms with Gasteiger partial charge in [-0.25, -0.2) is 4.79 Å². The first-order valence-corrected chi connectivity index (χ1v) is 8.78. The fourth-order valence-electron chi connectivity index (χ4n) is 2.64. The van der Waals surface area contributed by atoms with Crippen LogP contribution < -0.4 is 0 Å². The molecule has 25 heavy (non-hydrogen) atoms. The van der Waals surface area contributed by atoms with Crippen LogP contribution in [-0.4, -0.2) is 33.6 Å². The Balaban J connectivity index is 2.80. The second kappa shape index (κ2) is 13.4. The minimum Gasteiger partial charge on any atom is -0.466 e. The molecule has 4 heteroatoms. The number of esters is 1. The predicted molar refractivity (Wildman–Crippen MR) is 100 cm³/mol. The molecule has 0 heterocycles. The highest BCUT2D eigenvalue weighted by molar-refractivity contribution is 5.82. The van der Waals surface area contributed by atoms with E-state index in [0.717, 1.165) is 37.7 Å². The minimum atomic E-state index is -0.357. The van der Waals surface area contributed by atoms with E-state index < -0.39 is 0 Å². The maximum absolute atomic E-state index is 11.4. The SMILES string of the molecule is CCC/C(CCCc1ccccc1)=C(/C=C/C(=O)OC)COCOC. The standard InChI is InChI=1S/C21H30O4/c1-4-9-19(13-8-12-18-10-6-5-7-11-18)20(16-25-17-23-2)14-15-21(22)24-3/h5-7,10-11,14-15H,4,8-9,12-13,16-17H2,1-3H3/b15-14+,20-19+. The zero-order chi connectivity index (χ0) is 18.3. The molecule has 0 spiro atoms. The summed E-state index contributed by atoms with van der Waals surface area (Å²) in [6.45, 7) is 2.83. The number of rotatable bonds is 12. The fraction of sp³-hybridized carbons (Fsp3) is 0.476. The first-order chi connectivity index (χ1) is 12.2. The monoisotopic (exact) mass is 346 g/mol. The molecule has 0 aliphatic heterocycles. The lowest BCUT2D eigenvalue weighted by atomic mass is 9.96. The van der Waals surface area contributed by atoms with Crippen LogP contribution in [0.1, 0.15) is 38.2 Å². The lowest BCUT2D eigenvalue weighted by molar-refractivity contribution is -0.134. The van der Waals surface area contributed by atoms with Crippen molar-refractivity contribution in [2.24, 2.45) is 0 Å². The van der Waals surface area contributed by atoms with E-state index in [9.17, 15) is 4.79 Å². The van der Waals surface area contributed by atoms with Crippen LogP contribution in [0.3, 0.4) is 0 Å². The Labute approximate surface area is 151 Å². The number of hydrogen-bond acceptors (Lipinski definition) is 4. The Morgan fingerprint density at radius 2 is 1.84 bits per heavy atom. The Morgan fingerprint density at radius 3 is 2.48 bits per heavy atom. The van der Waals surface area contributed by atoms with Crippen LogP contribution >= 0.6 is 0 Å². The van der Waals surface area contributed by atoms with Gasteiger partial charge < -0.3 is 14.2 Å². The molecule has 1 aromatic carbocycles. The number of carbonyl (C=O) groups is 1. The van der Waals surface area contributed by atoms with Crippen LogP contribution in [0.2, 0.25) is 0 Å². The first-order valence-electron chi connectivity index (χ1n) is 8.78. The van der Waals surface area contributed by atoms with Crippen LogP contribution in [-0.2, 0) is 25.4 Å². The Bertz CT molecular complexity index is 546. The van der Waals surface area contributed by atoms with Gasteiger partial charge in [-0.05, 0) is 42.9 Å². The lowest BCUT2D eigenvalue weighted by Crippen LogP contribution is -2.05. The summed E-state index contributed by atoms with van der Waals surface area (Å²) in [5, 5.41) is 0. The smallest absolute Gasteiger partial charge is 0.330 e. The molecular weight excluding hydrogens is 316 g/mol. The third-order valence-corrected chi connectivity index (χ3v) is 3.87. The topological polar surface area (TPSA) is 44.8 Å². The molecule has 138 valence electrons. The summed E-state index contributed by atoms with van der Waals surface area (Å²) in [6.07, 6.45) is 8.42. The zero-order valence-electron chi connectivity index (χ0n) is 15.6. The Hall–Kier alpha value is -1.91. The van der Waals surface area contributed by atoms with Crippen molar-refractivity contribution in [1.29, 1.82) is 0 Å². The van der Waals surface area contributed by atoms with Crippen molar-refractivity contribution in [2.75, 3.05) is 27.6 Å². The summed E-state index contributed by atoms with van der Waals surface area (Å²) in [4.78, 5) is 11.4. The molecule has 1 aromatic rings. The number of benzene rings is 1. The van der Waals surface area contributed by atoms with Crippen LogP contribution in [0.15, 0.2) is 53.6 Å². The van der Waals surface area contributed by atoms with E-state index in [1.54, 1.807) is 7.11 Å². The van der Waals surface area contributed by atoms with Gasteiger partial charge in [0.05, 0.1) is 13.7 Å². The molecule has 0 aliphatic carbocycles. The molecule has 0 unspecified atom stereocenters. The van der Waals surface area contributed by atoms with Crippen molar-refractivity contribution in [3.05, 3.63) is 59.2 Å². The van der Waals surface area contributed by atoms with E-state index in [2.05, 4.69) is 31.2 Å². The molecule has 0 atom stereocenters. The van der Waals surface area contributed by atoms with Gasteiger partial charge >= 0.3 is 5.97 Å². The van der Waals surface area contributed by atoms with Gasteiger partial charge in [0.25, 0.3) is 0 Å². The number of hydrogen-bond donors (Lipinski definition) is 0. The first kappa shape index (κ1) is 21.1. The normalized spacial score (nSPS) is 12.3. The van der Waals surface area contributed by atoms with Gasteiger partial charge in [0, 0.05) is 13.2 Å². The van der Waals surface area contributed by atoms with Crippen LogP contribution in [0.25, 0.3) is 0 Å². The summed E-state index contributed by atoms with van der Waals surface area (Å²) in [5.74, 6) is -0.357. The van der Waals surface area contributed by atoms with Gasteiger partial charge in [-0.1, -0.05) is 49.2 Å². The molecular formula is C21H30O4. The number of carbonyl (C=O) groups excluding carboxylic acids is 1.